The first-order valence-electron chi connectivity index (χ1n) is 8.37. The van der Waals surface area contributed by atoms with Gasteiger partial charge in [0.2, 0.25) is 0 Å². The van der Waals surface area contributed by atoms with Gasteiger partial charge < -0.3 is 0 Å². The Kier molecular flexibility index (Phi) is 6.27. The number of hydrogen-bond acceptors (Lipinski definition) is 7. The third-order valence-electron chi connectivity index (χ3n) is 3.88. The van der Waals surface area contributed by atoms with Crippen molar-refractivity contribution in [2.24, 2.45) is 5.10 Å². The number of nitro groups is 2. The molecule has 0 unspecified atom stereocenters. The number of aromatic nitrogens is 2. The van der Waals surface area contributed by atoms with E-state index in [2.05, 4.69) is 31.6 Å². The molecule has 0 aliphatic rings. The predicted molar refractivity (Wildman–Crippen MR) is 110 cm³/mol. The van der Waals surface area contributed by atoms with Crippen molar-refractivity contribution in [1.29, 1.82) is 0 Å². The lowest BCUT2D eigenvalue weighted by Crippen LogP contribution is -2.19. The van der Waals surface area contributed by atoms with Gasteiger partial charge in [-0.25, -0.2) is 5.43 Å². The Bertz CT molecular complexity index is 1140. The van der Waals surface area contributed by atoms with Crippen LogP contribution in [0.25, 0.3) is 0 Å². The molecule has 0 spiro atoms. The molecule has 1 aromatic heterocycles. The molecular weight excluding hydrogens is 460 g/mol. The first-order chi connectivity index (χ1) is 14.3. The number of nitrogens with zero attached hydrogens (tertiary/aromatic N) is 5. The van der Waals surface area contributed by atoms with Crippen molar-refractivity contribution in [3.63, 3.8) is 0 Å². The number of hydrazone groups is 1. The lowest BCUT2D eigenvalue weighted by Gasteiger charge is -2.01. The molecule has 3 rings (SSSR count). The lowest BCUT2D eigenvalue weighted by molar-refractivity contribution is -0.385. The highest BCUT2D eigenvalue weighted by molar-refractivity contribution is 9.10. The Morgan fingerprint density at radius 3 is 2.50 bits per heavy atom. The molecule has 11 nitrogen and oxygen atoms in total. The maximum Gasteiger partial charge on any atom is 0.293 e. The predicted octanol–water partition coefficient (Wildman–Crippen LogP) is 3.27. The largest absolute Gasteiger partial charge is 0.293 e. The van der Waals surface area contributed by atoms with Crippen molar-refractivity contribution < 1.29 is 14.6 Å². The molecule has 0 aliphatic heterocycles. The van der Waals surface area contributed by atoms with Gasteiger partial charge in [0.1, 0.15) is 0 Å². The van der Waals surface area contributed by atoms with Crippen molar-refractivity contribution >= 4 is 39.4 Å². The molecule has 2 aromatic carbocycles. The monoisotopic (exact) mass is 472 g/mol. The SMILES string of the molecule is O=C(NN=Cc1cccc([N+](=O)[O-])c1)c1nn(Cc2ccc([N+](=O)[O-])cc2)cc1Br. The summed E-state index contributed by atoms with van der Waals surface area (Å²) in [5.41, 5.74) is 3.53. The second kappa shape index (κ2) is 9.05. The molecule has 0 radical (unpaired) electrons. The third-order valence-corrected chi connectivity index (χ3v) is 4.46. The maximum absolute atomic E-state index is 12.3. The van der Waals surface area contributed by atoms with Crippen LogP contribution >= 0.6 is 15.9 Å². The Labute approximate surface area is 177 Å². The van der Waals surface area contributed by atoms with Gasteiger partial charge in [-0.15, -0.1) is 0 Å². The van der Waals surface area contributed by atoms with Gasteiger partial charge in [0.15, 0.2) is 5.69 Å². The van der Waals surface area contributed by atoms with Crippen LogP contribution in [0.3, 0.4) is 0 Å². The van der Waals surface area contributed by atoms with Crippen molar-refractivity contribution in [3.8, 4) is 0 Å². The summed E-state index contributed by atoms with van der Waals surface area (Å²) in [5, 5.41) is 29.5. The van der Waals surface area contributed by atoms with E-state index in [1.807, 2.05) is 0 Å². The Morgan fingerprint density at radius 1 is 1.13 bits per heavy atom. The lowest BCUT2D eigenvalue weighted by atomic mass is 10.2. The smallest absolute Gasteiger partial charge is 0.266 e. The second-order valence-corrected chi connectivity index (χ2v) is 6.85. The van der Waals surface area contributed by atoms with E-state index in [-0.39, 0.29) is 17.1 Å². The van der Waals surface area contributed by atoms with Gasteiger partial charge in [-0.2, -0.15) is 10.2 Å². The number of carbonyl (C=O) groups is 1. The molecule has 12 heteroatoms. The molecule has 0 saturated heterocycles. The van der Waals surface area contributed by atoms with E-state index in [1.54, 1.807) is 24.4 Å². The normalized spacial score (nSPS) is 10.8. The molecule has 0 fully saturated rings. The third kappa shape index (κ3) is 5.11. The van der Waals surface area contributed by atoms with Crippen LogP contribution in [0.15, 0.2) is 64.3 Å². The summed E-state index contributed by atoms with van der Waals surface area (Å²) in [6, 6.07) is 11.8. The molecule has 0 aliphatic carbocycles. The van der Waals surface area contributed by atoms with E-state index in [9.17, 15) is 25.0 Å². The minimum Gasteiger partial charge on any atom is -0.266 e. The number of halogens is 1. The number of rotatable bonds is 7. The Morgan fingerprint density at radius 2 is 1.83 bits per heavy atom. The summed E-state index contributed by atoms with van der Waals surface area (Å²) < 4.78 is 1.94. The molecule has 1 heterocycles. The number of hydrogen-bond donors (Lipinski definition) is 1. The highest BCUT2D eigenvalue weighted by atomic mass is 79.9. The van der Waals surface area contributed by atoms with Crippen molar-refractivity contribution in [1.82, 2.24) is 15.2 Å². The van der Waals surface area contributed by atoms with E-state index in [0.717, 1.165) is 5.56 Å². The Balaban J connectivity index is 1.65. The molecule has 0 saturated carbocycles. The average molecular weight is 473 g/mol. The first-order valence-corrected chi connectivity index (χ1v) is 9.17. The summed E-state index contributed by atoms with van der Waals surface area (Å²) in [7, 11) is 0. The van der Waals surface area contributed by atoms with Crippen LogP contribution < -0.4 is 5.43 Å². The van der Waals surface area contributed by atoms with Crippen LogP contribution in [-0.4, -0.2) is 31.7 Å². The van der Waals surface area contributed by atoms with E-state index in [4.69, 9.17) is 0 Å². The highest BCUT2D eigenvalue weighted by Crippen LogP contribution is 2.17. The first kappa shape index (κ1) is 20.8. The van der Waals surface area contributed by atoms with Crippen molar-refractivity contribution in [3.05, 3.63) is 96.2 Å². The summed E-state index contributed by atoms with van der Waals surface area (Å²) in [5.74, 6) is -0.578. The zero-order valence-electron chi connectivity index (χ0n) is 15.1. The van der Waals surface area contributed by atoms with Gasteiger partial charge in [-0.3, -0.25) is 29.7 Å². The van der Waals surface area contributed by atoms with Crippen LogP contribution in [-0.2, 0) is 6.54 Å². The number of non-ortho nitro benzene ring substituents is 2. The fraction of sp³-hybridized carbons (Fsp3) is 0.0556. The molecule has 0 bridgehead atoms. The molecule has 30 heavy (non-hydrogen) atoms. The summed E-state index contributed by atoms with van der Waals surface area (Å²) >= 11 is 3.26. The number of nitro benzene ring substituents is 2. The van der Waals surface area contributed by atoms with E-state index in [1.165, 1.54) is 41.2 Å². The summed E-state index contributed by atoms with van der Waals surface area (Å²) in [4.78, 5) is 32.8. The topological polar surface area (TPSA) is 146 Å². The van der Waals surface area contributed by atoms with Crippen LogP contribution in [0.2, 0.25) is 0 Å². The molecule has 1 N–H and O–H groups in total. The van der Waals surface area contributed by atoms with Gasteiger partial charge in [-0.1, -0.05) is 24.3 Å². The van der Waals surface area contributed by atoms with Crippen LogP contribution in [0, 0.1) is 20.2 Å². The summed E-state index contributed by atoms with van der Waals surface area (Å²) in [6.45, 7) is 0.306. The minimum atomic E-state index is -0.578. The Hall–Kier alpha value is -3.93. The van der Waals surface area contributed by atoms with E-state index < -0.39 is 15.8 Å². The number of nitrogens with one attached hydrogen (secondary N) is 1. The maximum atomic E-state index is 12.3. The standard InChI is InChI=1S/C18H13BrN6O5/c19-16-11-23(10-12-4-6-14(7-5-12)24(27)28)22-17(16)18(26)21-20-9-13-2-1-3-15(8-13)25(29)30/h1-9,11H,10H2,(H,21,26). The minimum absolute atomic E-state index is 0.0120. The number of benzene rings is 2. The van der Waals surface area contributed by atoms with Crippen LogP contribution in [0.4, 0.5) is 11.4 Å². The number of amides is 1. The van der Waals surface area contributed by atoms with Gasteiger partial charge in [0, 0.05) is 36.0 Å². The van der Waals surface area contributed by atoms with E-state index in [0.29, 0.717) is 16.6 Å². The summed E-state index contributed by atoms with van der Waals surface area (Å²) in [6.07, 6.45) is 2.88. The van der Waals surface area contributed by atoms with Gasteiger partial charge in [0.25, 0.3) is 17.3 Å². The molecule has 1 amide bonds. The van der Waals surface area contributed by atoms with Crippen LogP contribution in [0.1, 0.15) is 21.6 Å². The zero-order valence-corrected chi connectivity index (χ0v) is 16.7. The fourth-order valence-electron chi connectivity index (χ4n) is 2.48. The van der Waals surface area contributed by atoms with Gasteiger partial charge >= 0.3 is 0 Å². The number of carbonyl (C=O) groups excluding carboxylic acids is 1. The second-order valence-electron chi connectivity index (χ2n) is 6.00. The molecule has 152 valence electrons. The van der Waals surface area contributed by atoms with Crippen LogP contribution in [0.5, 0.6) is 0 Å². The molecule has 0 atom stereocenters. The van der Waals surface area contributed by atoms with Gasteiger partial charge in [-0.05, 0) is 21.5 Å². The quantitative estimate of drug-likeness (QED) is 0.317. The molecular formula is C18H13BrN6O5. The van der Waals surface area contributed by atoms with Crippen molar-refractivity contribution in [2.75, 3.05) is 0 Å². The average Bonchev–Trinajstić information content (AvgIpc) is 3.08. The van der Waals surface area contributed by atoms with Gasteiger partial charge in [0.05, 0.1) is 27.1 Å². The van der Waals surface area contributed by atoms with E-state index >= 15 is 0 Å². The highest BCUT2D eigenvalue weighted by Gasteiger charge is 2.15. The zero-order chi connectivity index (χ0) is 21.7. The van der Waals surface area contributed by atoms with Crippen molar-refractivity contribution in [2.45, 2.75) is 6.54 Å². The molecule has 3 aromatic rings. The fourth-order valence-corrected chi connectivity index (χ4v) is 2.97.